The third-order valence-electron chi connectivity index (χ3n) is 6.09. The van der Waals surface area contributed by atoms with E-state index in [2.05, 4.69) is 20.6 Å². The summed E-state index contributed by atoms with van der Waals surface area (Å²) in [7, 11) is -6.48. The molecule has 9 nitrogen and oxygen atoms in total. The number of rotatable bonds is 9. The van der Waals surface area contributed by atoms with Crippen LogP contribution < -0.4 is 20.7 Å². The van der Waals surface area contributed by atoms with Gasteiger partial charge in [-0.05, 0) is 61.2 Å². The molecule has 0 radical (unpaired) electrons. The highest BCUT2D eigenvalue weighted by Crippen LogP contribution is 2.40. The van der Waals surface area contributed by atoms with E-state index in [1.54, 1.807) is 7.11 Å². The fourth-order valence-electron chi connectivity index (χ4n) is 4.20. The van der Waals surface area contributed by atoms with E-state index in [1.165, 1.54) is 25.6 Å². The van der Waals surface area contributed by atoms with Crippen LogP contribution in [0.1, 0.15) is 11.1 Å². The van der Waals surface area contributed by atoms with Gasteiger partial charge in [0.25, 0.3) is 0 Å². The first-order valence-corrected chi connectivity index (χ1v) is 15.9. The van der Waals surface area contributed by atoms with Crippen molar-refractivity contribution in [2.45, 2.75) is 17.9 Å². The molecule has 204 valence electrons. The van der Waals surface area contributed by atoms with Crippen LogP contribution >= 0.6 is 18.7 Å². The Morgan fingerprint density at radius 2 is 1.92 bits per heavy atom. The molecule has 0 fully saturated rings. The summed E-state index contributed by atoms with van der Waals surface area (Å²) in [5.74, 6) is 0.909. The van der Waals surface area contributed by atoms with E-state index in [-0.39, 0.29) is 27.8 Å². The summed E-state index contributed by atoms with van der Waals surface area (Å²) in [6.45, 7) is 4.21. The summed E-state index contributed by atoms with van der Waals surface area (Å²) < 4.78 is 67.7. The zero-order chi connectivity index (χ0) is 27.7. The van der Waals surface area contributed by atoms with E-state index < -0.39 is 28.9 Å². The second-order valence-corrected chi connectivity index (χ2v) is 14.1. The summed E-state index contributed by atoms with van der Waals surface area (Å²) in [6, 6.07) is 7.27. The van der Waals surface area contributed by atoms with E-state index >= 15 is 0 Å². The average molecular weight is 586 g/mol. The number of hydrogen-bond donors (Lipinski definition) is 2. The van der Waals surface area contributed by atoms with E-state index in [0.717, 1.165) is 36.2 Å². The summed E-state index contributed by atoms with van der Waals surface area (Å²) in [6.07, 6.45) is 2.14. The maximum Gasteiger partial charge on any atom is 0.332 e. The SMILES string of the molecule is COc1cc2c(cc1Nc1ncc(Cl)c(Nc3ccc(S(=O)(=O)F)cc3P(C)(C)=O)n1)CN(CCF)CC2. The maximum absolute atomic E-state index is 13.6. The highest BCUT2D eigenvalue weighted by Gasteiger charge is 2.23. The molecule has 1 aliphatic rings. The number of halogens is 3. The second-order valence-electron chi connectivity index (χ2n) is 9.14. The molecule has 3 aromatic rings. The van der Waals surface area contributed by atoms with E-state index in [1.807, 2.05) is 17.0 Å². The Kier molecular flexibility index (Phi) is 8.27. The smallest absolute Gasteiger partial charge is 0.332 e. The number of nitrogens with one attached hydrogen (secondary N) is 2. The van der Waals surface area contributed by atoms with Crippen LogP contribution in [0, 0.1) is 0 Å². The van der Waals surface area contributed by atoms with Crippen molar-refractivity contribution in [1.29, 1.82) is 0 Å². The minimum Gasteiger partial charge on any atom is -0.495 e. The van der Waals surface area contributed by atoms with Crippen molar-refractivity contribution in [1.82, 2.24) is 14.9 Å². The monoisotopic (exact) mass is 585 g/mol. The zero-order valence-electron chi connectivity index (χ0n) is 21.0. The molecule has 2 N–H and O–H groups in total. The lowest BCUT2D eigenvalue weighted by Crippen LogP contribution is -2.32. The molecule has 0 spiro atoms. The number of alkyl halides is 1. The maximum atomic E-state index is 13.6. The first-order chi connectivity index (χ1) is 17.9. The van der Waals surface area contributed by atoms with E-state index in [4.69, 9.17) is 16.3 Å². The van der Waals surface area contributed by atoms with Gasteiger partial charge in [-0.25, -0.2) is 9.37 Å². The minimum atomic E-state index is -4.99. The molecule has 0 saturated heterocycles. The van der Waals surface area contributed by atoms with Gasteiger partial charge in [0.15, 0.2) is 5.82 Å². The Balaban J connectivity index is 1.66. The number of benzene rings is 2. The van der Waals surface area contributed by atoms with E-state index in [0.29, 0.717) is 24.5 Å². The van der Waals surface area contributed by atoms with Crippen LogP contribution in [0.4, 0.5) is 31.4 Å². The van der Waals surface area contributed by atoms with Crippen LogP contribution in [-0.4, -0.2) is 63.5 Å². The van der Waals surface area contributed by atoms with Gasteiger partial charge < -0.3 is 19.9 Å². The third kappa shape index (κ3) is 6.43. The Morgan fingerprint density at radius 1 is 1.16 bits per heavy atom. The molecule has 0 bridgehead atoms. The lowest BCUT2D eigenvalue weighted by Gasteiger charge is -2.28. The fraction of sp³-hybridized carbons (Fsp3) is 0.333. The Hall–Kier alpha value is -2.79. The minimum absolute atomic E-state index is 0.120. The molecule has 2 aromatic carbocycles. The molecule has 1 aromatic heterocycles. The fourth-order valence-corrected chi connectivity index (χ4v) is 6.07. The first kappa shape index (κ1) is 28.2. The van der Waals surface area contributed by atoms with Gasteiger partial charge >= 0.3 is 10.2 Å². The molecule has 2 heterocycles. The van der Waals surface area contributed by atoms with Crippen molar-refractivity contribution in [2.24, 2.45) is 0 Å². The summed E-state index contributed by atoms with van der Waals surface area (Å²) in [4.78, 5) is 10.1. The topological polar surface area (TPSA) is 114 Å². The van der Waals surface area contributed by atoms with Gasteiger partial charge in [-0.2, -0.15) is 13.4 Å². The number of fused-ring (bicyclic) bond motifs is 1. The Morgan fingerprint density at radius 3 is 2.58 bits per heavy atom. The summed E-state index contributed by atoms with van der Waals surface area (Å²) >= 11 is 6.32. The van der Waals surface area contributed by atoms with Crippen molar-refractivity contribution >= 4 is 57.4 Å². The molecule has 14 heteroatoms. The van der Waals surface area contributed by atoms with Gasteiger partial charge in [-0.3, -0.25) is 4.90 Å². The number of anilines is 4. The van der Waals surface area contributed by atoms with Crippen molar-refractivity contribution < 1.29 is 26.0 Å². The van der Waals surface area contributed by atoms with Crippen molar-refractivity contribution in [2.75, 3.05) is 50.8 Å². The molecule has 0 amide bonds. The van der Waals surface area contributed by atoms with Crippen LogP contribution in [0.15, 0.2) is 41.4 Å². The van der Waals surface area contributed by atoms with Crippen LogP contribution in [0.2, 0.25) is 5.02 Å². The largest absolute Gasteiger partial charge is 0.495 e. The Bertz CT molecular complexity index is 1520. The van der Waals surface area contributed by atoms with Gasteiger partial charge in [0.05, 0.1) is 29.6 Å². The number of nitrogens with zero attached hydrogens (tertiary/aromatic N) is 3. The third-order valence-corrected chi connectivity index (χ3v) is 8.71. The highest BCUT2D eigenvalue weighted by atomic mass is 35.5. The van der Waals surface area contributed by atoms with Gasteiger partial charge in [0, 0.05) is 24.9 Å². The molecule has 0 aliphatic carbocycles. The van der Waals surface area contributed by atoms with Crippen LogP contribution in [0.5, 0.6) is 5.75 Å². The lowest BCUT2D eigenvalue weighted by atomic mass is 9.98. The van der Waals surface area contributed by atoms with Crippen molar-refractivity contribution in [3.8, 4) is 5.75 Å². The summed E-state index contributed by atoms with van der Waals surface area (Å²) in [5, 5.41) is 6.35. The lowest BCUT2D eigenvalue weighted by molar-refractivity contribution is 0.231. The average Bonchev–Trinajstić information content (AvgIpc) is 2.84. The van der Waals surface area contributed by atoms with Crippen molar-refractivity contribution in [3.63, 3.8) is 0 Å². The van der Waals surface area contributed by atoms with Crippen LogP contribution in [-0.2, 0) is 27.8 Å². The number of hydrogen-bond acceptors (Lipinski definition) is 9. The first-order valence-electron chi connectivity index (χ1n) is 11.6. The molecular formula is C24H27ClF2N5O4PS. The van der Waals surface area contributed by atoms with Gasteiger partial charge in [-0.15, -0.1) is 3.89 Å². The van der Waals surface area contributed by atoms with Gasteiger partial charge in [-0.1, -0.05) is 11.6 Å². The van der Waals surface area contributed by atoms with Crippen molar-refractivity contribution in [3.05, 3.63) is 52.7 Å². The number of methoxy groups -OCH3 is 1. The highest BCUT2D eigenvalue weighted by molar-refractivity contribution is 7.86. The summed E-state index contributed by atoms with van der Waals surface area (Å²) in [5.41, 5.74) is 3.02. The molecule has 0 atom stereocenters. The molecule has 1 aliphatic heterocycles. The number of aromatic nitrogens is 2. The molecule has 38 heavy (non-hydrogen) atoms. The standard InChI is InChI=1S/C24H27ClF2N5O4PS/c1-36-21-11-15-6-8-32(9-7-26)14-16(15)10-20(21)30-24-28-13-18(25)23(31-24)29-19-5-4-17(38(27,34)35)12-22(19)37(2,3)33/h4-5,10-13H,6-9,14H2,1-3H3,(H2,28,29,30,31). The molecule has 0 saturated carbocycles. The number of ether oxygens (including phenoxy) is 1. The van der Waals surface area contributed by atoms with Gasteiger partial charge in [0.2, 0.25) is 5.95 Å². The zero-order valence-corrected chi connectivity index (χ0v) is 23.4. The van der Waals surface area contributed by atoms with Gasteiger partial charge in [0.1, 0.15) is 24.6 Å². The predicted molar refractivity (Wildman–Crippen MR) is 145 cm³/mol. The van der Waals surface area contributed by atoms with Crippen LogP contribution in [0.25, 0.3) is 0 Å². The second kappa shape index (κ2) is 11.1. The predicted octanol–water partition coefficient (Wildman–Crippen LogP) is 4.86. The van der Waals surface area contributed by atoms with E-state index in [9.17, 15) is 21.3 Å². The molecule has 0 unspecified atom stereocenters. The normalized spacial score (nSPS) is 14.2. The molecular weight excluding hydrogens is 559 g/mol. The molecule has 4 rings (SSSR count). The van der Waals surface area contributed by atoms with Crippen LogP contribution in [0.3, 0.4) is 0 Å². The quantitative estimate of drug-likeness (QED) is 0.268. The Labute approximate surface area is 225 Å².